The van der Waals surface area contributed by atoms with Gasteiger partial charge in [-0.25, -0.2) is 4.98 Å². The molecule has 0 bridgehead atoms. The van der Waals surface area contributed by atoms with Gasteiger partial charge in [0.2, 0.25) is 5.91 Å². The normalized spacial score (nSPS) is 16.2. The molecule has 2 heterocycles. The molecule has 0 N–H and O–H groups in total. The van der Waals surface area contributed by atoms with Gasteiger partial charge >= 0.3 is 0 Å². The van der Waals surface area contributed by atoms with Crippen LogP contribution in [0, 0.1) is 0 Å². The molecule has 0 aliphatic carbocycles. The summed E-state index contributed by atoms with van der Waals surface area (Å²) in [5.41, 5.74) is 2.05. The van der Waals surface area contributed by atoms with E-state index in [0.717, 1.165) is 53.7 Å². The zero-order valence-electron chi connectivity index (χ0n) is 18.0. The number of aromatic nitrogens is 1. The van der Waals surface area contributed by atoms with Crippen LogP contribution in [0.3, 0.4) is 0 Å². The first-order chi connectivity index (χ1) is 15.2. The molecule has 1 amide bonds. The van der Waals surface area contributed by atoms with Crippen LogP contribution in [0.15, 0.2) is 59.1 Å². The molecule has 31 heavy (non-hydrogen) atoms. The van der Waals surface area contributed by atoms with Gasteiger partial charge in [0.1, 0.15) is 17.3 Å². The highest BCUT2D eigenvalue weighted by Gasteiger charge is 2.28. The maximum absolute atomic E-state index is 12.9. The predicted molar refractivity (Wildman–Crippen MR) is 118 cm³/mol. The number of carbonyl (C=O) groups is 1. The second kappa shape index (κ2) is 9.69. The smallest absolute Gasteiger partial charge is 0.227 e. The molecular formula is C25H28N2O4. The van der Waals surface area contributed by atoms with Gasteiger partial charge in [-0.05, 0) is 36.6 Å². The number of hydrogen-bond donors (Lipinski definition) is 0. The summed E-state index contributed by atoms with van der Waals surface area (Å²) in [4.78, 5) is 19.4. The van der Waals surface area contributed by atoms with Crippen molar-refractivity contribution in [3.05, 3.63) is 77.5 Å². The SMILES string of the molecule is COc1ccc(Cc2cnc([C@H]3CCCN(C(=O)Cc4ccccc4OC)C3)o2)cc1. The van der Waals surface area contributed by atoms with Crippen LogP contribution in [-0.4, -0.2) is 43.1 Å². The van der Waals surface area contributed by atoms with E-state index >= 15 is 0 Å². The summed E-state index contributed by atoms with van der Waals surface area (Å²) in [6, 6.07) is 15.6. The zero-order chi connectivity index (χ0) is 21.6. The number of amides is 1. The van der Waals surface area contributed by atoms with Gasteiger partial charge in [-0.3, -0.25) is 4.79 Å². The van der Waals surface area contributed by atoms with Crippen molar-refractivity contribution in [3.8, 4) is 11.5 Å². The molecule has 0 radical (unpaired) electrons. The van der Waals surface area contributed by atoms with E-state index in [1.54, 1.807) is 20.4 Å². The Kier molecular flexibility index (Phi) is 6.55. The minimum absolute atomic E-state index is 0.110. The summed E-state index contributed by atoms with van der Waals surface area (Å²) >= 11 is 0. The third kappa shape index (κ3) is 5.08. The molecule has 0 spiro atoms. The maximum Gasteiger partial charge on any atom is 0.227 e. The molecule has 1 atom stereocenters. The Balaban J connectivity index is 1.38. The van der Waals surface area contributed by atoms with Gasteiger partial charge in [0.15, 0.2) is 5.89 Å². The van der Waals surface area contributed by atoms with E-state index in [2.05, 4.69) is 4.98 Å². The zero-order valence-corrected chi connectivity index (χ0v) is 18.0. The van der Waals surface area contributed by atoms with Crippen molar-refractivity contribution in [1.82, 2.24) is 9.88 Å². The molecule has 4 rings (SSSR count). The van der Waals surface area contributed by atoms with Crippen LogP contribution < -0.4 is 9.47 Å². The van der Waals surface area contributed by atoms with Gasteiger partial charge < -0.3 is 18.8 Å². The van der Waals surface area contributed by atoms with E-state index in [9.17, 15) is 4.79 Å². The van der Waals surface area contributed by atoms with Crippen LogP contribution in [-0.2, 0) is 17.6 Å². The van der Waals surface area contributed by atoms with Crippen molar-refractivity contribution in [2.75, 3.05) is 27.3 Å². The number of ether oxygens (including phenoxy) is 2. The molecule has 6 heteroatoms. The molecule has 1 aromatic heterocycles. The third-order valence-corrected chi connectivity index (χ3v) is 5.77. The molecular weight excluding hydrogens is 392 g/mol. The van der Waals surface area contributed by atoms with Crippen LogP contribution in [0.2, 0.25) is 0 Å². The maximum atomic E-state index is 12.9. The number of para-hydroxylation sites is 1. The highest BCUT2D eigenvalue weighted by molar-refractivity contribution is 5.79. The average Bonchev–Trinajstić information content (AvgIpc) is 3.28. The summed E-state index contributed by atoms with van der Waals surface area (Å²) in [5.74, 6) is 3.37. The first kappa shape index (κ1) is 21.0. The topological polar surface area (TPSA) is 64.8 Å². The summed E-state index contributed by atoms with van der Waals surface area (Å²) in [6.07, 6.45) is 4.74. The Labute approximate surface area is 182 Å². The lowest BCUT2D eigenvalue weighted by Gasteiger charge is -2.31. The first-order valence-corrected chi connectivity index (χ1v) is 10.6. The van der Waals surface area contributed by atoms with Crippen LogP contribution in [0.1, 0.15) is 41.5 Å². The number of hydrogen-bond acceptors (Lipinski definition) is 5. The summed E-state index contributed by atoms with van der Waals surface area (Å²) in [6.45, 7) is 1.40. The molecule has 0 saturated carbocycles. The molecule has 1 aliphatic heterocycles. The molecule has 162 valence electrons. The van der Waals surface area contributed by atoms with Crippen molar-refractivity contribution in [2.24, 2.45) is 0 Å². The first-order valence-electron chi connectivity index (χ1n) is 10.6. The van der Waals surface area contributed by atoms with Crippen LogP contribution in [0.5, 0.6) is 11.5 Å². The number of piperidine rings is 1. The van der Waals surface area contributed by atoms with Gasteiger partial charge in [0.25, 0.3) is 0 Å². The Bertz CT molecular complexity index is 1010. The molecule has 2 aromatic carbocycles. The van der Waals surface area contributed by atoms with Gasteiger partial charge in [-0.15, -0.1) is 0 Å². The van der Waals surface area contributed by atoms with Gasteiger partial charge in [0.05, 0.1) is 32.8 Å². The number of carbonyl (C=O) groups excluding carboxylic acids is 1. The quantitative estimate of drug-likeness (QED) is 0.572. The molecule has 1 saturated heterocycles. The average molecular weight is 421 g/mol. The Morgan fingerprint density at radius 3 is 2.71 bits per heavy atom. The highest BCUT2D eigenvalue weighted by atomic mass is 16.5. The van der Waals surface area contributed by atoms with E-state index in [-0.39, 0.29) is 11.8 Å². The predicted octanol–water partition coefficient (Wildman–Crippen LogP) is 4.23. The fourth-order valence-corrected chi connectivity index (χ4v) is 4.07. The largest absolute Gasteiger partial charge is 0.497 e. The highest BCUT2D eigenvalue weighted by Crippen LogP contribution is 2.28. The minimum atomic E-state index is 0.110. The van der Waals surface area contributed by atoms with Gasteiger partial charge in [-0.2, -0.15) is 0 Å². The molecule has 3 aromatic rings. The number of rotatable bonds is 7. The molecule has 6 nitrogen and oxygen atoms in total. The van der Waals surface area contributed by atoms with E-state index in [1.807, 2.05) is 53.4 Å². The summed E-state index contributed by atoms with van der Waals surface area (Å²) < 4.78 is 16.7. The second-order valence-corrected chi connectivity index (χ2v) is 7.86. The standard InChI is InChI=1S/C25H28N2O4/c1-29-21-11-9-18(10-12-21)14-22-16-26-25(31-22)20-7-5-13-27(17-20)24(28)15-19-6-3-4-8-23(19)30-2/h3-4,6,8-12,16,20H,5,7,13-15,17H2,1-2H3/t20-/m0/s1. The van der Waals surface area contributed by atoms with Crippen molar-refractivity contribution < 1.29 is 18.7 Å². The van der Waals surface area contributed by atoms with Crippen molar-refractivity contribution >= 4 is 5.91 Å². The monoisotopic (exact) mass is 420 g/mol. The third-order valence-electron chi connectivity index (χ3n) is 5.77. The number of benzene rings is 2. The van der Waals surface area contributed by atoms with Crippen molar-refractivity contribution in [2.45, 2.75) is 31.6 Å². The summed E-state index contributed by atoms with van der Waals surface area (Å²) in [7, 11) is 3.29. The van der Waals surface area contributed by atoms with Gasteiger partial charge in [-0.1, -0.05) is 30.3 Å². The van der Waals surface area contributed by atoms with Crippen molar-refractivity contribution in [1.29, 1.82) is 0 Å². The Morgan fingerprint density at radius 2 is 1.94 bits per heavy atom. The fourth-order valence-electron chi connectivity index (χ4n) is 4.07. The second-order valence-electron chi connectivity index (χ2n) is 7.86. The Morgan fingerprint density at radius 1 is 1.13 bits per heavy atom. The lowest BCUT2D eigenvalue weighted by molar-refractivity contribution is -0.131. The lowest BCUT2D eigenvalue weighted by atomic mass is 9.97. The van der Waals surface area contributed by atoms with E-state index in [0.29, 0.717) is 19.4 Å². The molecule has 1 fully saturated rings. The Hall–Kier alpha value is -3.28. The van der Waals surface area contributed by atoms with Crippen LogP contribution in [0.25, 0.3) is 0 Å². The number of nitrogens with zero attached hydrogens (tertiary/aromatic N) is 2. The van der Waals surface area contributed by atoms with E-state index in [1.165, 1.54) is 0 Å². The van der Waals surface area contributed by atoms with Crippen LogP contribution >= 0.6 is 0 Å². The molecule has 0 unspecified atom stereocenters. The van der Waals surface area contributed by atoms with Crippen LogP contribution in [0.4, 0.5) is 0 Å². The number of methoxy groups -OCH3 is 2. The van der Waals surface area contributed by atoms with E-state index in [4.69, 9.17) is 13.9 Å². The molecule has 1 aliphatic rings. The summed E-state index contributed by atoms with van der Waals surface area (Å²) in [5, 5.41) is 0. The van der Waals surface area contributed by atoms with Crippen molar-refractivity contribution in [3.63, 3.8) is 0 Å². The minimum Gasteiger partial charge on any atom is -0.497 e. The number of oxazole rings is 1. The lowest BCUT2D eigenvalue weighted by Crippen LogP contribution is -2.40. The van der Waals surface area contributed by atoms with Gasteiger partial charge in [0, 0.05) is 25.1 Å². The fraction of sp³-hybridized carbons (Fsp3) is 0.360. The number of likely N-dealkylation sites (tertiary alicyclic amines) is 1. The van der Waals surface area contributed by atoms with E-state index < -0.39 is 0 Å².